The molecule has 0 fully saturated rings. The summed E-state index contributed by atoms with van der Waals surface area (Å²) in [5, 5.41) is 3.33. The summed E-state index contributed by atoms with van der Waals surface area (Å²) in [5.74, 6) is 3.03. The molecule has 2 aliphatic rings. The molecule has 0 aromatic heterocycles. The molecule has 0 spiro atoms. The third-order valence-electron chi connectivity index (χ3n) is 3.96. The van der Waals surface area contributed by atoms with Gasteiger partial charge < -0.3 is 14.8 Å². The van der Waals surface area contributed by atoms with Crippen molar-refractivity contribution in [2.75, 3.05) is 40.4 Å². The van der Waals surface area contributed by atoms with Crippen LogP contribution in [0.1, 0.15) is 11.1 Å². The number of hydrogen-bond donors (Lipinski definition) is 1. The molecule has 124 valence electrons. The summed E-state index contributed by atoms with van der Waals surface area (Å²) in [6, 6.07) is 3.99. The molecular formula is C15H23Cl2N3O2. The number of methoxy groups -OCH3 is 2. The summed E-state index contributed by atoms with van der Waals surface area (Å²) < 4.78 is 11.0. The van der Waals surface area contributed by atoms with Gasteiger partial charge in [-0.3, -0.25) is 9.89 Å². The van der Waals surface area contributed by atoms with Crippen molar-refractivity contribution < 1.29 is 9.47 Å². The number of nitrogens with one attached hydrogen (secondary N) is 1. The second kappa shape index (κ2) is 8.46. The van der Waals surface area contributed by atoms with Crippen molar-refractivity contribution in [2.24, 2.45) is 4.99 Å². The summed E-state index contributed by atoms with van der Waals surface area (Å²) in [7, 11) is 3.45. The molecular weight excluding hydrogens is 325 g/mol. The molecule has 0 bridgehead atoms. The Hall–Kier alpha value is -1.17. The van der Waals surface area contributed by atoms with E-state index in [1.165, 1.54) is 11.1 Å². The van der Waals surface area contributed by atoms with Crippen LogP contribution in [0, 0.1) is 0 Å². The molecule has 1 aromatic rings. The van der Waals surface area contributed by atoms with E-state index >= 15 is 0 Å². The topological polar surface area (TPSA) is 46.1 Å². The van der Waals surface area contributed by atoms with Crippen molar-refractivity contribution in [3.8, 4) is 11.5 Å². The highest BCUT2D eigenvalue weighted by atomic mass is 35.5. The SMILES string of the molecule is COc1ccc(OC)c2c1CCN(CC1=NCCN1)C2.Cl.Cl. The molecule has 2 aliphatic heterocycles. The molecule has 0 saturated heterocycles. The lowest BCUT2D eigenvalue weighted by Gasteiger charge is -2.30. The molecule has 0 saturated carbocycles. The van der Waals surface area contributed by atoms with Gasteiger partial charge in [-0.2, -0.15) is 0 Å². The van der Waals surface area contributed by atoms with Crippen molar-refractivity contribution >= 4 is 30.6 Å². The minimum Gasteiger partial charge on any atom is -0.496 e. The Balaban J connectivity index is 0.00000121. The van der Waals surface area contributed by atoms with Gasteiger partial charge in [-0.25, -0.2) is 0 Å². The highest BCUT2D eigenvalue weighted by molar-refractivity contribution is 5.86. The van der Waals surface area contributed by atoms with E-state index < -0.39 is 0 Å². The van der Waals surface area contributed by atoms with Gasteiger partial charge in [-0.05, 0) is 18.6 Å². The van der Waals surface area contributed by atoms with Crippen LogP contribution in [0.15, 0.2) is 17.1 Å². The minimum absolute atomic E-state index is 0. The summed E-state index contributed by atoms with van der Waals surface area (Å²) in [4.78, 5) is 6.87. The van der Waals surface area contributed by atoms with Gasteiger partial charge in [-0.1, -0.05) is 0 Å². The summed E-state index contributed by atoms with van der Waals surface area (Å²) in [5.41, 5.74) is 2.53. The van der Waals surface area contributed by atoms with Crippen LogP contribution in [0.5, 0.6) is 11.5 Å². The summed E-state index contributed by atoms with van der Waals surface area (Å²) >= 11 is 0. The van der Waals surface area contributed by atoms with Crippen LogP contribution in [-0.2, 0) is 13.0 Å². The van der Waals surface area contributed by atoms with E-state index in [1.807, 2.05) is 12.1 Å². The lowest BCUT2D eigenvalue weighted by molar-refractivity contribution is 0.275. The maximum Gasteiger partial charge on any atom is 0.123 e. The van der Waals surface area contributed by atoms with E-state index in [1.54, 1.807) is 14.2 Å². The highest BCUT2D eigenvalue weighted by Gasteiger charge is 2.24. The van der Waals surface area contributed by atoms with Crippen LogP contribution in [0.25, 0.3) is 0 Å². The Morgan fingerprint density at radius 3 is 2.41 bits per heavy atom. The molecule has 1 aromatic carbocycles. The van der Waals surface area contributed by atoms with Gasteiger partial charge in [0.15, 0.2) is 0 Å². The number of fused-ring (bicyclic) bond motifs is 1. The Bertz CT molecular complexity index is 538. The number of hydrogen-bond acceptors (Lipinski definition) is 5. The number of rotatable bonds is 4. The van der Waals surface area contributed by atoms with Crippen molar-refractivity contribution in [1.82, 2.24) is 10.2 Å². The minimum atomic E-state index is 0. The lowest BCUT2D eigenvalue weighted by atomic mass is 9.97. The van der Waals surface area contributed by atoms with Gasteiger partial charge >= 0.3 is 0 Å². The molecule has 0 radical (unpaired) electrons. The zero-order chi connectivity index (χ0) is 13.9. The number of amidine groups is 1. The Morgan fingerprint density at radius 2 is 1.82 bits per heavy atom. The van der Waals surface area contributed by atoms with Crippen LogP contribution in [0.2, 0.25) is 0 Å². The van der Waals surface area contributed by atoms with Crippen LogP contribution in [-0.4, -0.2) is 51.1 Å². The van der Waals surface area contributed by atoms with Gasteiger partial charge in [0, 0.05) is 30.8 Å². The largest absolute Gasteiger partial charge is 0.496 e. The van der Waals surface area contributed by atoms with Gasteiger partial charge in [0.1, 0.15) is 17.3 Å². The van der Waals surface area contributed by atoms with Crippen molar-refractivity contribution in [2.45, 2.75) is 13.0 Å². The van der Waals surface area contributed by atoms with E-state index in [0.29, 0.717) is 0 Å². The number of benzene rings is 1. The number of aliphatic imine (C=N–C) groups is 1. The number of ether oxygens (including phenoxy) is 2. The molecule has 3 rings (SSSR count). The van der Waals surface area contributed by atoms with Gasteiger partial charge in [0.25, 0.3) is 0 Å². The molecule has 7 heteroatoms. The summed E-state index contributed by atoms with van der Waals surface area (Å²) in [6.07, 6.45) is 0.989. The van der Waals surface area contributed by atoms with Crippen LogP contribution < -0.4 is 14.8 Å². The Kier molecular flexibility index (Phi) is 7.26. The average molecular weight is 348 g/mol. The fourth-order valence-electron chi connectivity index (χ4n) is 2.95. The van der Waals surface area contributed by atoms with Crippen molar-refractivity contribution in [3.05, 3.63) is 23.3 Å². The van der Waals surface area contributed by atoms with Gasteiger partial charge in [0.2, 0.25) is 0 Å². The van der Waals surface area contributed by atoms with E-state index in [4.69, 9.17) is 9.47 Å². The van der Waals surface area contributed by atoms with Crippen molar-refractivity contribution in [1.29, 1.82) is 0 Å². The first-order valence-electron chi connectivity index (χ1n) is 7.04. The summed E-state index contributed by atoms with van der Waals surface area (Å²) in [6.45, 7) is 4.67. The molecule has 22 heavy (non-hydrogen) atoms. The first-order chi connectivity index (χ1) is 9.81. The first kappa shape index (κ1) is 18.9. The Labute approximate surface area is 143 Å². The van der Waals surface area contributed by atoms with E-state index in [2.05, 4.69) is 15.2 Å². The zero-order valence-corrected chi connectivity index (χ0v) is 14.6. The monoisotopic (exact) mass is 347 g/mol. The van der Waals surface area contributed by atoms with Crippen LogP contribution in [0.3, 0.4) is 0 Å². The molecule has 1 N–H and O–H groups in total. The second-order valence-corrected chi connectivity index (χ2v) is 5.14. The standard InChI is InChI=1S/C15H21N3O2.2ClH/c1-19-13-3-4-14(20-2)12-9-18(8-5-11(12)13)10-15-16-6-7-17-15;;/h3-4H,5-10H2,1-2H3,(H,16,17);2*1H. The maximum atomic E-state index is 5.50. The molecule has 0 aliphatic carbocycles. The predicted molar refractivity (Wildman–Crippen MR) is 93.3 cm³/mol. The molecule has 0 unspecified atom stereocenters. The third-order valence-corrected chi connectivity index (χ3v) is 3.96. The Morgan fingerprint density at radius 1 is 1.14 bits per heavy atom. The number of halogens is 2. The van der Waals surface area contributed by atoms with E-state index in [9.17, 15) is 0 Å². The smallest absolute Gasteiger partial charge is 0.123 e. The highest BCUT2D eigenvalue weighted by Crippen LogP contribution is 2.34. The van der Waals surface area contributed by atoms with Crippen molar-refractivity contribution in [3.63, 3.8) is 0 Å². The second-order valence-electron chi connectivity index (χ2n) is 5.14. The molecule has 2 heterocycles. The predicted octanol–water partition coefficient (Wildman–Crippen LogP) is 1.91. The van der Waals surface area contributed by atoms with Gasteiger partial charge in [0.05, 0.1) is 27.3 Å². The maximum absolute atomic E-state index is 5.50. The van der Waals surface area contributed by atoms with Crippen LogP contribution in [0.4, 0.5) is 0 Å². The van der Waals surface area contributed by atoms with Gasteiger partial charge in [-0.15, -0.1) is 24.8 Å². The fourth-order valence-corrected chi connectivity index (χ4v) is 2.95. The van der Waals surface area contributed by atoms with Crippen LogP contribution >= 0.6 is 24.8 Å². The molecule has 0 atom stereocenters. The normalized spacial score (nSPS) is 16.5. The fraction of sp³-hybridized carbons (Fsp3) is 0.533. The van der Waals surface area contributed by atoms with E-state index in [0.717, 1.165) is 56.5 Å². The zero-order valence-electron chi connectivity index (χ0n) is 12.9. The van der Waals surface area contributed by atoms with E-state index in [-0.39, 0.29) is 24.8 Å². The molecule has 0 amide bonds. The average Bonchev–Trinajstić information content (AvgIpc) is 2.99. The lowest BCUT2D eigenvalue weighted by Crippen LogP contribution is -2.38. The molecule has 5 nitrogen and oxygen atoms in total. The number of nitrogens with zero attached hydrogens (tertiary/aromatic N) is 2. The third kappa shape index (κ3) is 3.77. The quantitative estimate of drug-likeness (QED) is 0.903. The first-order valence-corrected chi connectivity index (χ1v) is 7.04.